The monoisotopic (exact) mass is 616 g/mol. The summed E-state index contributed by atoms with van der Waals surface area (Å²) >= 11 is 0. The van der Waals surface area contributed by atoms with Crippen LogP contribution in [0.5, 0.6) is 5.75 Å². The lowest BCUT2D eigenvalue weighted by Gasteiger charge is -2.40. The van der Waals surface area contributed by atoms with Crippen LogP contribution in [-0.4, -0.2) is 63.8 Å². The Kier molecular flexibility index (Phi) is 9.27. The summed E-state index contributed by atoms with van der Waals surface area (Å²) in [5.74, 6) is -1.44. The maximum atomic E-state index is 16.2. The normalized spacial score (nSPS) is 20.9. The maximum absolute atomic E-state index is 16.2. The third-order valence-corrected chi connectivity index (χ3v) is 8.28. The van der Waals surface area contributed by atoms with Crippen molar-refractivity contribution in [2.75, 3.05) is 24.5 Å². The number of aromatic nitrogens is 3. The van der Waals surface area contributed by atoms with Gasteiger partial charge in [0.15, 0.2) is 11.5 Å². The van der Waals surface area contributed by atoms with E-state index in [0.717, 1.165) is 5.57 Å². The minimum absolute atomic E-state index is 0.115. The van der Waals surface area contributed by atoms with Crippen molar-refractivity contribution in [3.8, 4) is 17.0 Å². The van der Waals surface area contributed by atoms with Gasteiger partial charge in [-0.05, 0) is 81.7 Å². The molecule has 11 heteroatoms. The van der Waals surface area contributed by atoms with Gasteiger partial charge in [-0.2, -0.15) is 4.98 Å². The number of carbonyl (C=O) groups excluding carboxylic acids is 1. The summed E-state index contributed by atoms with van der Waals surface area (Å²) in [6, 6.07) is 5.35. The van der Waals surface area contributed by atoms with Crippen LogP contribution >= 0.6 is 0 Å². The van der Waals surface area contributed by atoms with Gasteiger partial charge in [-0.25, -0.2) is 23.1 Å². The van der Waals surface area contributed by atoms with E-state index in [4.69, 9.17) is 9.72 Å². The molecule has 1 amide bonds. The number of nitrogens with zero attached hydrogens (tertiary/aromatic N) is 6. The van der Waals surface area contributed by atoms with Gasteiger partial charge in [0, 0.05) is 37.6 Å². The number of halogens is 2. The van der Waals surface area contributed by atoms with E-state index in [-0.39, 0.29) is 57.8 Å². The molecule has 4 heterocycles. The summed E-state index contributed by atoms with van der Waals surface area (Å²) in [7, 11) is 0. The topological polar surface area (TPSA) is 92.9 Å². The van der Waals surface area contributed by atoms with E-state index in [2.05, 4.69) is 23.3 Å². The first-order valence-electron chi connectivity index (χ1n) is 15.2. The van der Waals surface area contributed by atoms with Crippen LogP contribution in [0.4, 0.5) is 14.6 Å². The summed E-state index contributed by atoms with van der Waals surface area (Å²) in [6.07, 6.45) is 6.22. The molecule has 5 rings (SSSR count). The van der Waals surface area contributed by atoms with Gasteiger partial charge in [-0.1, -0.05) is 26.5 Å². The predicted octanol–water partition coefficient (Wildman–Crippen LogP) is 5.99. The van der Waals surface area contributed by atoms with E-state index < -0.39 is 17.3 Å². The molecule has 45 heavy (non-hydrogen) atoms. The lowest BCUT2D eigenvalue weighted by atomic mass is 9.98. The highest BCUT2D eigenvalue weighted by atomic mass is 19.1. The second-order valence-corrected chi connectivity index (χ2v) is 11.8. The number of hydrogen-bond donors (Lipinski definition) is 0. The van der Waals surface area contributed by atoms with Gasteiger partial charge in [-0.15, -0.1) is 0 Å². The first kappa shape index (κ1) is 31.7. The van der Waals surface area contributed by atoms with Gasteiger partial charge < -0.3 is 14.5 Å². The van der Waals surface area contributed by atoms with E-state index in [1.54, 1.807) is 17.2 Å². The Morgan fingerprint density at radius 2 is 1.96 bits per heavy atom. The average molecular weight is 617 g/mol. The summed E-state index contributed by atoms with van der Waals surface area (Å²) in [4.78, 5) is 43.2. The number of amides is 1. The van der Waals surface area contributed by atoms with E-state index in [0.29, 0.717) is 44.6 Å². The van der Waals surface area contributed by atoms with Crippen molar-refractivity contribution in [1.82, 2.24) is 19.4 Å². The van der Waals surface area contributed by atoms with Gasteiger partial charge in [0.25, 0.3) is 0 Å². The number of rotatable bonds is 5. The standard InChI is InChI=1S/C34H38F2N6O3/c1-7-28(43)40-16-17-41(21(4)19-40)32-24-18-26(36)30-29-25(35)12-9-13-27(29)45-22(5)10-8-11-23(14-15-37-6)31(20(2)3)42(33(24)38-30)34(44)39-32/h7,9,12-15,18,20-22H,1,6,8,10-11,16-17,19H2,2-5H3/b15-14-,31-23+/t21-,22-/m0/s1. The van der Waals surface area contributed by atoms with Crippen molar-refractivity contribution in [3.05, 3.63) is 76.9 Å². The van der Waals surface area contributed by atoms with Crippen molar-refractivity contribution in [2.24, 2.45) is 10.9 Å². The summed E-state index contributed by atoms with van der Waals surface area (Å²) in [6.45, 7) is 15.9. The van der Waals surface area contributed by atoms with Gasteiger partial charge in [-0.3, -0.25) is 9.79 Å². The first-order valence-corrected chi connectivity index (χ1v) is 15.2. The number of piperazine rings is 1. The molecule has 2 atom stereocenters. The van der Waals surface area contributed by atoms with Crippen LogP contribution in [0.3, 0.4) is 0 Å². The average Bonchev–Trinajstić information content (AvgIpc) is 3.00. The predicted molar refractivity (Wildman–Crippen MR) is 173 cm³/mol. The lowest BCUT2D eigenvalue weighted by Crippen LogP contribution is -2.54. The van der Waals surface area contributed by atoms with Gasteiger partial charge in [0.2, 0.25) is 5.91 Å². The van der Waals surface area contributed by atoms with Crippen molar-refractivity contribution in [1.29, 1.82) is 0 Å². The SMILES string of the molecule is C=CC(=O)N1CCN(c2nc(=O)n3c4nc(c(F)cc24)-c2c(F)cccc2O[C@@H](C)CCCC(/C=C\N=C)=C\3C(C)C)[C@@H](C)C1. The molecule has 1 fully saturated rings. The molecule has 0 radical (unpaired) electrons. The number of benzene rings is 1. The molecular formula is C34H38F2N6O3. The molecule has 0 saturated carbocycles. The van der Waals surface area contributed by atoms with Crippen LogP contribution in [-0.2, 0) is 4.79 Å². The maximum Gasteiger partial charge on any atom is 0.355 e. The quantitative estimate of drug-likeness (QED) is 0.258. The largest absolute Gasteiger partial charge is 0.490 e. The highest BCUT2D eigenvalue weighted by molar-refractivity contribution is 5.92. The van der Waals surface area contributed by atoms with E-state index in [1.165, 1.54) is 28.8 Å². The number of fused-ring (bicyclic) bond motifs is 3. The molecule has 2 aliphatic heterocycles. The van der Waals surface area contributed by atoms with Gasteiger partial charge >= 0.3 is 5.69 Å². The molecule has 236 valence electrons. The molecule has 0 N–H and O–H groups in total. The van der Waals surface area contributed by atoms with Crippen LogP contribution in [0.2, 0.25) is 0 Å². The van der Waals surface area contributed by atoms with Gasteiger partial charge in [0.1, 0.15) is 23.1 Å². The van der Waals surface area contributed by atoms with E-state index in [1.807, 2.05) is 38.7 Å². The van der Waals surface area contributed by atoms with Crippen LogP contribution in [0.1, 0.15) is 47.0 Å². The van der Waals surface area contributed by atoms with E-state index in [9.17, 15) is 9.59 Å². The molecule has 1 saturated heterocycles. The Morgan fingerprint density at radius 1 is 1.18 bits per heavy atom. The highest BCUT2D eigenvalue weighted by Gasteiger charge is 2.31. The minimum atomic E-state index is -0.785. The number of pyridine rings is 1. The smallest absolute Gasteiger partial charge is 0.355 e. The number of anilines is 1. The zero-order valence-electron chi connectivity index (χ0n) is 26.1. The van der Waals surface area contributed by atoms with Crippen molar-refractivity contribution in [3.63, 3.8) is 0 Å². The second kappa shape index (κ2) is 13.1. The van der Waals surface area contributed by atoms with Crippen LogP contribution in [0, 0.1) is 17.6 Å². The number of ether oxygens (including phenoxy) is 1. The third-order valence-electron chi connectivity index (χ3n) is 8.28. The van der Waals surface area contributed by atoms with E-state index >= 15 is 8.78 Å². The number of hydrogen-bond acceptors (Lipinski definition) is 7. The van der Waals surface area contributed by atoms with Crippen molar-refractivity contribution >= 4 is 35.2 Å². The zero-order chi connectivity index (χ0) is 32.4. The first-order chi connectivity index (χ1) is 21.5. The molecule has 0 aliphatic carbocycles. The zero-order valence-corrected chi connectivity index (χ0v) is 26.1. The van der Waals surface area contributed by atoms with Crippen LogP contribution < -0.4 is 15.3 Å². The fourth-order valence-corrected chi connectivity index (χ4v) is 6.22. The van der Waals surface area contributed by atoms with Crippen molar-refractivity contribution < 1.29 is 18.3 Å². The number of aliphatic imine (C=N–C) groups is 1. The summed E-state index contributed by atoms with van der Waals surface area (Å²) in [5.41, 5.74) is 0.605. The van der Waals surface area contributed by atoms with Crippen LogP contribution in [0.15, 0.2) is 64.6 Å². The molecule has 2 aromatic heterocycles. The fraction of sp³-hybridized carbons (Fsp3) is 0.382. The molecule has 1 aromatic carbocycles. The molecule has 0 unspecified atom stereocenters. The van der Waals surface area contributed by atoms with Gasteiger partial charge in [0.05, 0.1) is 17.1 Å². The Balaban J connectivity index is 1.87. The highest BCUT2D eigenvalue weighted by Crippen LogP contribution is 2.38. The molecule has 2 aliphatic rings. The molecule has 2 bridgehead atoms. The molecule has 0 spiro atoms. The Hall–Kier alpha value is -4.67. The summed E-state index contributed by atoms with van der Waals surface area (Å²) in [5, 5.41) is 0.288. The Labute approximate surface area is 261 Å². The summed E-state index contributed by atoms with van der Waals surface area (Å²) < 4.78 is 39.4. The molecule has 9 nitrogen and oxygen atoms in total. The molecule has 3 aromatic rings. The number of allylic oxidation sites excluding steroid dienone is 3. The van der Waals surface area contributed by atoms with Crippen LogP contribution in [0.25, 0.3) is 28.0 Å². The fourth-order valence-electron chi connectivity index (χ4n) is 6.22. The molecular weight excluding hydrogens is 578 g/mol. The second-order valence-electron chi connectivity index (χ2n) is 11.8. The Morgan fingerprint density at radius 3 is 2.64 bits per heavy atom. The van der Waals surface area contributed by atoms with Crippen molar-refractivity contribution in [2.45, 2.75) is 59.1 Å². The number of carbonyl (C=O) groups is 1. The lowest BCUT2D eigenvalue weighted by molar-refractivity contribution is -0.126. The Bertz CT molecular complexity index is 1780. The third kappa shape index (κ3) is 6.16. The minimum Gasteiger partial charge on any atom is -0.490 e.